The monoisotopic (exact) mass is 259 g/mol. The molecule has 0 aromatic rings. The van der Waals surface area contributed by atoms with E-state index < -0.39 is 10.8 Å². The first-order chi connectivity index (χ1) is 8.13. The molecule has 3 nitrogen and oxygen atoms in total. The lowest BCUT2D eigenvalue weighted by atomic mass is 9.98. The minimum Gasteiger partial charge on any atom is -0.371 e. The molecule has 0 aromatic carbocycles. The normalized spacial score (nSPS) is 30.8. The standard InChI is InChI=1S/C13H25NO2S/c1-11(8-14)9-17(15)10-12-4-7-13(16-12)5-2-3-6-13/h11-12H,2-10,14H2,1H3. The van der Waals surface area contributed by atoms with E-state index in [4.69, 9.17) is 10.5 Å². The van der Waals surface area contributed by atoms with E-state index in [1.807, 2.05) is 0 Å². The van der Waals surface area contributed by atoms with Crippen LogP contribution in [0.4, 0.5) is 0 Å². The molecular weight excluding hydrogens is 234 g/mol. The molecule has 17 heavy (non-hydrogen) atoms. The van der Waals surface area contributed by atoms with Gasteiger partial charge < -0.3 is 10.5 Å². The van der Waals surface area contributed by atoms with Gasteiger partial charge in [0.25, 0.3) is 0 Å². The van der Waals surface area contributed by atoms with Gasteiger partial charge >= 0.3 is 0 Å². The average Bonchev–Trinajstić information content (AvgIpc) is 2.90. The van der Waals surface area contributed by atoms with Gasteiger partial charge in [-0.15, -0.1) is 0 Å². The third-order valence-corrected chi connectivity index (χ3v) is 5.78. The summed E-state index contributed by atoms with van der Waals surface area (Å²) in [6.07, 6.45) is 7.56. The molecule has 1 aliphatic heterocycles. The minimum atomic E-state index is -0.762. The van der Waals surface area contributed by atoms with Gasteiger partial charge in [-0.1, -0.05) is 19.8 Å². The summed E-state index contributed by atoms with van der Waals surface area (Å²) in [5.74, 6) is 1.80. The predicted octanol–water partition coefficient (Wildman–Crippen LogP) is 1.82. The molecule has 2 aliphatic rings. The molecule has 0 amide bonds. The van der Waals surface area contributed by atoms with Gasteiger partial charge in [-0.05, 0) is 38.1 Å². The summed E-state index contributed by atoms with van der Waals surface area (Å²) < 4.78 is 18.1. The van der Waals surface area contributed by atoms with Crippen LogP contribution in [0.3, 0.4) is 0 Å². The van der Waals surface area contributed by atoms with Crippen molar-refractivity contribution in [2.45, 2.75) is 57.2 Å². The van der Waals surface area contributed by atoms with Crippen molar-refractivity contribution in [1.82, 2.24) is 0 Å². The fourth-order valence-corrected chi connectivity index (χ4v) is 4.62. The van der Waals surface area contributed by atoms with Crippen molar-refractivity contribution in [3.05, 3.63) is 0 Å². The Morgan fingerprint density at radius 3 is 2.76 bits per heavy atom. The first-order valence-electron chi connectivity index (χ1n) is 6.86. The fraction of sp³-hybridized carbons (Fsp3) is 1.00. The molecular formula is C13H25NO2S. The number of nitrogens with two attached hydrogens (primary N) is 1. The van der Waals surface area contributed by atoms with Crippen molar-refractivity contribution >= 4 is 10.8 Å². The summed E-state index contributed by atoms with van der Waals surface area (Å²) in [7, 11) is -0.762. The molecule has 3 unspecified atom stereocenters. The second-order valence-electron chi connectivity index (χ2n) is 5.78. The highest BCUT2D eigenvalue weighted by Crippen LogP contribution is 2.43. The Morgan fingerprint density at radius 1 is 1.41 bits per heavy atom. The molecule has 3 atom stereocenters. The first kappa shape index (κ1) is 13.5. The average molecular weight is 259 g/mol. The Balaban J connectivity index is 1.75. The number of hydrogen-bond acceptors (Lipinski definition) is 3. The van der Waals surface area contributed by atoms with E-state index in [9.17, 15) is 4.21 Å². The minimum absolute atomic E-state index is 0.175. The largest absolute Gasteiger partial charge is 0.371 e. The van der Waals surface area contributed by atoms with Gasteiger partial charge in [0.2, 0.25) is 0 Å². The molecule has 0 aromatic heterocycles. The van der Waals surface area contributed by atoms with Crippen molar-refractivity contribution < 1.29 is 8.95 Å². The van der Waals surface area contributed by atoms with Crippen LogP contribution < -0.4 is 5.73 Å². The summed E-state index contributed by atoms with van der Waals surface area (Å²) >= 11 is 0. The van der Waals surface area contributed by atoms with Crippen molar-refractivity contribution in [2.75, 3.05) is 18.1 Å². The number of hydrogen-bond donors (Lipinski definition) is 1. The first-order valence-corrected chi connectivity index (χ1v) is 8.35. The Morgan fingerprint density at radius 2 is 2.12 bits per heavy atom. The lowest BCUT2D eigenvalue weighted by Crippen LogP contribution is -2.28. The van der Waals surface area contributed by atoms with Gasteiger partial charge in [-0.2, -0.15) is 0 Å². The van der Waals surface area contributed by atoms with Gasteiger partial charge in [0.15, 0.2) is 0 Å². The molecule has 1 saturated heterocycles. The highest BCUT2D eigenvalue weighted by Gasteiger charge is 2.42. The molecule has 1 aliphatic carbocycles. The van der Waals surface area contributed by atoms with Gasteiger partial charge in [0.05, 0.1) is 11.7 Å². The van der Waals surface area contributed by atoms with Gasteiger partial charge in [0, 0.05) is 22.3 Å². The van der Waals surface area contributed by atoms with E-state index in [-0.39, 0.29) is 11.7 Å². The predicted molar refractivity (Wildman–Crippen MR) is 71.4 cm³/mol. The Kier molecular flexibility index (Phi) is 4.61. The summed E-state index contributed by atoms with van der Waals surface area (Å²) in [5, 5.41) is 0. The molecule has 0 radical (unpaired) electrons. The van der Waals surface area contributed by atoms with E-state index in [0.29, 0.717) is 18.2 Å². The van der Waals surface area contributed by atoms with Crippen molar-refractivity contribution in [1.29, 1.82) is 0 Å². The van der Waals surface area contributed by atoms with Crippen LogP contribution in [0.15, 0.2) is 0 Å². The maximum Gasteiger partial charge on any atom is 0.0698 e. The van der Waals surface area contributed by atoms with Gasteiger partial charge in [0.1, 0.15) is 0 Å². The molecule has 0 bridgehead atoms. The molecule has 2 N–H and O–H groups in total. The van der Waals surface area contributed by atoms with Crippen LogP contribution >= 0.6 is 0 Å². The number of ether oxygens (including phenoxy) is 1. The highest BCUT2D eigenvalue weighted by atomic mass is 32.2. The van der Waals surface area contributed by atoms with E-state index in [0.717, 1.165) is 12.2 Å². The zero-order valence-corrected chi connectivity index (χ0v) is 11.6. The molecule has 100 valence electrons. The van der Waals surface area contributed by atoms with E-state index in [1.165, 1.54) is 32.1 Å². The van der Waals surface area contributed by atoms with Gasteiger partial charge in [-0.25, -0.2) is 0 Å². The van der Waals surface area contributed by atoms with Crippen molar-refractivity contribution in [2.24, 2.45) is 11.7 Å². The fourth-order valence-electron chi connectivity index (χ4n) is 3.06. The van der Waals surface area contributed by atoms with E-state index in [1.54, 1.807) is 0 Å². The zero-order chi connectivity index (χ0) is 12.3. The molecule has 2 rings (SSSR count). The molecule has 1 spiro atoms. The van der Waals surface area contributed by atoms with Crippen LogP contribution in [0.25, 0.3) is 0 Å². The van der Waals surface area contributed by atoms with Crippen molar-refractivity contribution in [3.63, 3.8) is 0 Å². The lowest BCUT2D eigenvalue weighted by molar-refractivity contribution is -0.0270. The maximum atomic E-state index is 11.9. The van der Waals surface area contributed by atoms with E-state index in [2.05, 4.69) is 6.92 Å². The second kappa shape index (κ2) is 5.81. The molecule has 2 fully saturated rings. The van der Waals surface area contributed by atoms with E-state index >= 15 is 0 Å². The van der Waals surface area contributed by atoms with Crippen LogP contribution in [-0.4, -0.2) is 34.0 Å². The summed E-state index contributed by atoms with van der Waals surface area (Å²) in [6.45, 7) is 2.69. The van der Waals surface area contributed by atoms with Crippen LogP contribution in [0.2, 0.25) is 0 Å². The Labute approximate surface area is 107 Å². The van der Waals surface area contributed by atoms with Crippen molar-refractivity contribution in [3.8, 4) is 0 Å². The Hall–Kier alpha value is 0.0700. The third kappa shape index (κ3) is 3.52. The van der Waals surface area contributed by atoms with Crippen LogP contribution in [-0.2, 0) is 15.5 Å². The summed E-state index contributed by atoms with van der Waals surface area (Å²) in [6, 6.07) is 0. The zero-order valence-electron chi connectivity index (χ0n) is 10.8. The molecule has 1 heterocycles. The van der Waals surface area contributed by atoms with Gasteiger partial charge in [-0.3, -0.25) is 4.21 Å². The number of rotatable bonds is 5. The lowest BCUT2D eigenvalue weighted by Gasteiger charge is -2.23. The highest BCUT2D eigenvalue weighted by molar-refractivity contribution is 7.85. The smallest absolute Gasteiger partial charge is 0.0698 e. The quantitative estimate of drug-likeness (QED) is 0.819. The topological polar surface area (TPSA) is 52.3 Å². The SMILES string of the molecule is CC(CN)CS(=O)CC1CCC2(CCCC2)O1. The Bertz CT molecular complexity index is 277. The van der Waals surface area contributed by atoms with Crippen LogP contribution in [0.5, 0.6) is 0 Å². The summed E-state index contributed by atoms with van der Waals surface area (Å²) in [4.78, 5) is 0. The summed E-state index contributed by atoms with van der Waals surface area (Å²) in [5.41, 5.74) is 5.73. The maximum absolute atomic E-state index is 11.9. The molecule has 4 heteroatoms. The third-order valence-electron chi connectivity index (χ3n) is 4.10. The molecule has 1 saturated carbocycles. The van der Waals surface area contributed by atoms with Crippen LogP contribution in [0.1, 0.15) is 45.4 Å². The van der Waals surface area contributed by atoms with Crippen LogP contribution in [0, 0.1) is 5.92 Å². The second-order valence-corrected chi connectivity index (χ2v) is 7.33.